The Bertz CT molecular complexity index is 867. The van der Waals surface area contributed by atoms with E-state index in [4.69, 9.17) is 24.5 Å². The van der Waals surface area contributed by atoms with E-state index in [0.717, 1.165) is 36.3 Å². The molecule has 2 aromatic rings. The molecular formula is C23H28N4O3. The molecule has 30 heavy (non-hydrogen) atoms. The first-order valence-corrected chi connectivity index (χ1v) is 10.7. The van der Waals surface area contributed by atoms with Gasteiger partial charge in [-0.1, -0.05) is 19.1 Å². The fraction of sp³-hybridized carbons (Fsp3) is 0.522. The van der Waals surface area contributed by atoms with Crippen LogP contribution >= 0.6 is 0 Å². The van der Waals surface area contributed by atoms with Gasteiger partial charge in [-0.15, -0.1) is 0 Å². The van der Waals surface area contributed by atoms with Gasteiger partial charge in [-0.2, -0.15) is 10.2 Å². The lowest BCUT2D eigenvalue weighted by atomic mass is 9.87. The van der Waals surface area contributed by atoms with Crippen molar-refractivity contribution in [3.63, 3.8) is 0 Å². The van der Waals surface area contributed by atoms with Gasteiger partial charge in [0.25, 0.3) is 0 Å². The van der Waals surface area contributed by atoms with Gasteiger partial charge in [0.15, 0.2) is 6.61 Å². The number of nitrogens with zero attached hydrogens (tertiary/aromatic N) is 3. The molecule has 1 aliphatic carbocycles. The molecule has 7 nitrogen and oxygen atoms in total. The van der Waals surface area contributed by atoms with Gasteiger partial charge in [0.05, 0.1) is 18.8 Å². The van der Waals surface area contributed by atoms with E-state index in [9.17, 15) is 0 Å². The summed E-state index contributed by atoms with van der Waals surface area (Å²) in [6, 6.07) is 9.92. The van der Waals surface area contributed by atoms with Crippen molar-refractivity contribution in [2.75, 3.05) is 25.1 Å². The van der Waals surface area contributed by atoms with E-state index < -0.39 is 0 Å². The molecule has 1 aliphatic heterocycles. The lowest BCUT2D eigenvalue weighted by Crippen LogP contribution is -2.26. The number of benzene rings is 1. The fourth-order valence-electron chi connectivity index (χ4n) is 3.92. The van der Waals surface area contributed by atoms with E-state index >= 15 is 0 Å². The highest BCUT2D eigenvalue weighted by atomic mass is 16.5. The standard InChI is InChI=1S/C23H28N4O3/c1-16-2-6-18(7-3-16)26-23-25-14-21(22(27-23)30-20-10-12-28-15-20)17-4-8-19(9-5-17)29-13-11-24/h4-5,8-9,14,16,18,20H,2-3,6-7,10,12-13,15H2,1H3,(H,25,26,27). The quantitative estimate of drug-likeness (QED) is 0.734. The van der Waals surface area contributed by atoms with Crippen molar-refractivity contribution in [2.45, 2.75) is 51.2 Å². The van der Waals surface area contributed by atoms with Crippen LogP contribution in [0.4, 0.5) is 5.95 Å². The summed E-state index contributed by atoms with van der Waals surface area (Å²) in [7, 11) is 0. The van der Waals surface area contributed by atoms with Crippen LogP contribution in [0, 0.1) is 17.2 Å². The molecule has 2 heterocycles. The number of ether oxygens (including phenoxy) is 3. The molecule has 1 saturated heterocycles. The number of aromatic nitrogens is 2. The van der Waals surface area contributed by atoms with Gasteiger partial charge in [-0.3, -0.25) is 0 Å². The molecule has 1 aromatic heterocycles. The number of nitrogens with one attached hydrogen (secondary N) is 1. The fourth-order valence-corrected chi connectivity index (χ4v) is 3.92. The highest BCUT2D eigenvalue weighted by molar-refractivity contribution is 5.69. The zero-order valence-corrected chi connectivity index (χ0v) is 17.3. The zero-order chi connectivity index (χ0) is 20.8. The average molecular weight is 409 g/mol. The predicted molar refractivity (Wildman–Crippen MR) is 113 cm³/mol. The molecule has 7 heteroatoms. The van der Waals surface area contributed by atoms with Gasteiger partial charge in [-0.25, -0.2) is 4.98 Å². The van der Waals surface area contributed by atoms with Crippen LogP contribution < -0.4 is 14.8 Å². The first-order chi connectivity index (χ1) is 14.7. The van der Waals surface area contributed by atoms with Crippen molar-refractivity contribution in [1.82, 2.24) is 9.97 Å². The number of anilines is 1. The Labute approximate surface area is 177 Å². The van der Waals surface area contributed by atoms with Gasteiger partial charge in [-0.05, 0) is 49.3 Å². The summed E-state index contributed by atoms with van der Waals surface area (Å²) in [4.78, 5) is 9.29. The molecule has 0 amide bonds. The van der Waals surface area contributed by atoms with Crippen molar-refractivity contribution in [3.05, 3.63) is 30.5 Å². The number of hydrogen-bond acceptors (Lipinski definition) is 7. The van der Waals surface area contributed by atoms with Crippen LogP contribution in [0.15, 0.2) is 30.5 Å². The first-order valence-electron chi connectivity index (χ1n) is 10.7. The normalized spacial score (nSPS) is 23.5. The van der Waals surface area contributed by atoms with Crippen molar-refractivity contribution < 1.29 is 14.2 Å². The molecule has 1 atom stereocenters. The van der Waals surface area contributed by atoms with Gasteiger partial charge >= 0.3 is 0 Å². The maximum absolute atomic E-state index is 8.66. The Kier molecular flexibility index (Phi) is 6.65. The topological polar surface area (TPSA) is 89.3 Å². The molecule has 2 fully saturated rings. The van der Waals surface area contributed by atoms with Gasteiger partial charge in [0, 0.05) is 18.7 Å². The van der Waals surface area contributed by atoms with Crippen LogP contribution in [0.2, 0.25) is 0 Å². The second-order valence-corrected chi connectivity index (χ2v) is 8.09. The van der Waals surface area contributed by atoms with Crippen molar-refractivity contribution in [1.29, 1.82) is 5.26 Å². The van der Waals surface area contributed by atoms with Gasteiger partial charge in [0.2, 0.25) is 11.8 Å². The third-order valence-electron chi connectivity index (χ3n) is 5.74. The monoisotopic (exact) mass is 408 g/mol. The molecule has 1 aromatic carbocycles. The summed E-state index contributed by atoms with van der Waals surface area (Å²) in [5, 5.41) is 12.2. The Morgan fingerprint density at radius 1 is 1.17 bits per heavy atom. The van der Waals surface area contributed by atoms with E-state index in [1.54, 1.807) is 0 Å². The summed E-state index contributed by atoms with van der Waals surface area (Å²) in [5.74, 6) is 2.63. The maximum atomic E-state index is 8.66. The molecule has 4 rings (SSSR count). The van der Waals surface area contributed by atoms with Crippen LogP contribution in [0.3, 0.4) is 0 Å². The number of rotatable bonds is 7. The Morgan fingerprint density at radius 2 is 1.97 bits per heavy atom. The Hall–Kier alpha value is -2.85. The minimum Gasteiger partial charge on any atom is -0.479 e. The lowest BCUT2D eigenvalue weighted by Gasteiger charge is -2.27. The van der Waals surface area contributed by atoms with Crippen LogP contribution in [0.1, 0.15) is 39.0 Å². The second kappa shape index (κ2) is 9.77. The van der Waals surface area contributed by atoms with Crippen LogP contribution in [0.5, 0.6) is 11.6 Å². The molecule has 0 bridgehead atoms. The maximum Gasteiger partial charge on any atom is 0.226 e. The van der Waals surface area contributed by atoms with Crippen molar-refractivity contribution in [3.8, 4) is 28.8 Å². The smallest absolute Gasteiger partial charge is 0.226 e. The largest absolute Gasteiger partial charge is 0.479 e. The van der Waals surface area contributed by atoms with Gasteiger partial charge in [0.1, 0.15) is 17.9 Å². The number of hydrogen-bond donors (Lipinski definition) is 1. The van der Waals surface area contributed by atoms with Crippen molar-refractivity contribution >= 4 is 5.95 Å². The van der Waals surface area contributed by atoms with Crippen LogP contribution in [-0.2, 0) is 4.74 Å². The molecule has 158 valence electrons. The Morgan fingerprint density at radius 3 is 2.67 bits per heavy atom. The predicted octanol–water partition coefficient (Wildman–Crippen LogP) is 4.20. The van der Waals surface area contributed by atoms with E-state index in [1.165, 1.54) is 12.8 Å². The molecule has 0 spiro atoms. The molecule has 1 N–H and O–H groups in total. The molecule has 1 saturated carbocycles. The van der Waals surface area contributed by atoms with E-state index in [2.05, 4.69) is 17.2 Å². The Balaban J connectivity index is 1.54. The highest BCUT2D eigenvalue weighted by Crippen LogP contribution is 2.32. The molecule has 0 radical (unpaired) electrons. The summed E-state index contributed by atoms with van der Waals surface area (Å²) in [6.45, 7) is 3.63. The van der Waals surface area contributed by atoms with E-state index in [1.807, 2.05) is 36.5 Å². The second-order valence-electron chi connectivity index (χ2n) is 8.09. The third-order valence-corrected chi connectivity index (χ3v) is 5.74. The lowest BCUT2D eigenvalue weighted by molar-refractivity contribution is 0.138. The van der Waals surface area contributed by atoms with E-state index in [-0.39, 0.29) is 12.7 Å². The molecular weight excluding hydrogens is 380 g/mol. The highest BCUT2D eigenvalue weighted by Gasteiger charge is 2.23. The van der Waals surface area contributed by atoms with Crippen LogP contribution in [0.25, 0.3) is 11.1 Å². The summed E-state index contributed by atoms with van der Waals surface area (Å²) >= 11 is 0. The molecule has 1 unspecified atom stereocenters. The minimum absolute atomic E-state index is 0.000246. The first kappa shape index (κ1) is 20.4. The van der Waals surface area contributed by atoms with Crippen LogP contribution in [-0.4, -0.2) is 41.9 Å². The summed E-state index contributed by atoms with van der Waals surface area (Å²) in [5.41, 5.74) is 1.77. The summed E-state index contributed by atoms with van der Waals surface area (Å²) in [6.07, 6.45) is 7.43. The third kappa shape index (κ3) is 5.19. The average Bonchev–Trinajstić information content (AvgIpc) is 3.28. The van der Waals surface area contributed by atoms with E-state index in [0.29, 0.717) is 36.8 Å². The van der Waals surface area contributed by atoms with Crippen molar-refractivity contribution in [2.24, 2.45) is 5.92 Å². The SMILES string of the molecule is CC1CCC(Nc2ncc(-c3ccc(OCC#N)cc3)c(OC3CCOC3)n2)CC1. The van der Waals surface area contributed by atoms with Gasteiger partial charge < -0.3 is 19.5 Å². The minimum atomic E-state index is 0.000246. The summed E-state index contributed by atoms with van der Waals surface area (Å²) < 4.78 is 17.0. The molecule has 2 aliphatic rings. The number of nitriles is 1. The zero-order valence-electron chi connectivity index (χ0n) is 17.3.